The Bertz CT molecular complexity index is 1830. The van der Waals surface area contributed by atoms with Crippen molar-refractivity contribution in [3.63, 3.8) is 0 Å². The fourth-order valence-electron chi connectivity index (χ4n) is 9.09. The van der Waals surface area contributed by atoms with Crippen molar-refractivity contribution in [1.82, 2.24) is 0 Å². The molecule has 9 heteroatoms. The fourth-order valence-corrected chi connectivity index (χ4v) is 24.5. The average Bonchev–Trinajstić information content (AvgIpc) is 3.57. The molecule has 1 heterocycles. The van der Waals surface area contributed by atoms with Gasteiger partial charge in [0.1, 0.15) is 0 Å². The van der Waals surface area contributed by atoms with Crippen LogP contribution in [0.1, 0.15) is 87.6 Å². The number of fused-ring (bicyclic) bond motifs is 2. The van der Waals surface area contributed by atoms with Crippen molar-refractivity contribution in [3.8, 4) is 22.3 Å². The number of hydrogen-bond donors (Lipinski definition) is 0. The van der Waals surface area contributed by atoms with E-state index in [0.29, 0.717) is 19.1 Å². The number of allylic oxidation sites excluding steroid dienone is 2. The first-order valence-corrected chi connectivity index (χ1v) is 24.0. The Labute approximate surface area is 320 Å². The molecule has 1 fully saturated rings. The average molecular weight is 835 g/mol. The Hall–Kier alpha value is -2.60. The van der Waals surface area contributed by atoms with Crippen LogP contribution in [0.2, 0.25) is 8.26 Å². The molecule has 0 nitrogen and oxygen atoms in total. The summed E-state index contributed by atoms with van der Waals surface area (Å²) < 4.78 is 83.8. The molecule has 3 aliphatic rings. The summed E-state index contributed by atoms with van der Waals surface area (Å²) in [4.78, 5) is 0. The van der Waals surface area contributed by atoms with Crippen LogP contribution < -0.4 is 24.8 Å². The van der Waals surface area contributed by atoms with Crippen molar-refractivity contribution in [2.75, 3.05) is 0 Å². The molecule has 1 aliphatic heterocycles. The molecule has 0 saturated carbocycles. The van der Waals surface area contributed by atoms with Crippen molar-refractivity contribution >= 4 is 12.2 Å². The first-order chi connectivity index (χ1) is 23.7. The molecule has 0 radical (unpaired) electrons. The minimum Gasteiger partial charge on any atom is -1.00 e. The van der Waals surface area contributed by atoms with Crippen LogP contribution in [-0.4, -0.2) is 0 Å². The van der Waals surface area contributed by atoms with Gasteiger partial charge in [-0.1, -0.05) is 0 Å². The predicted molar refractivity (Wildman–Crippen MR) is 188 cm³/mol. The van der Waals surface area contributed by atoms with Gasteiger partial charge in [-0.2, -0.15) is 0 Å². The first kappa shape index (κ1) is 40.6. The molecule has 52 heavy (non-hydrogen) atoms. The standard InChI is InChI=1S/2C20H18F3.C3H6.2ClH.Zr/c2*1-13(2)10-14-11-16-4-3-5-18(19(16)12-14)15-6-8-17(9-7-15)20(21,22)23;1-3-2;;;/h2*3-9,11-13H,10H2,1-2H3;1-3H2;2*1H;/q;;;;;+2/p-2. The van der Waals surface area contributed by atoms with Crippen molar-refractivity contribution in [3.05, 3.63) is 129 Å². The van der Waals surface area contributed by atoms with E-state index in [9.17, 15) is 26.3 Å². The van der Waals surface area contributed by atoms with E-state index in [1.165, 1.54) is 61.2 Å². The molecule has 0 bridgehead atoms. The molecule has 2 atom stereocenters. The zero-order valence-electron chi connectivity index (χ0n) is 29.6. The predicted octanol–water partition coefficient (Wildman–Crippen LogP) is 8.13. The van der Waals surface area contributed by atoms with E-state index in [-0.39, 0.29) is 24.8 Å². The third-order valence-corrected chi connectivity index (χ3v) is 26.4. The zero-order chi connectivity index (χ0) is 35.6. The number of hydrogen-bond acceptors (Lipinski definition) is 0. The summed E-state index contributed by atoms with van der Waals surface area (Å²) in [6.45, 7) is 9.02. The Morgan fingerprint density at radius 2 is 0.923 bits per heavy atom. The molecule has 0 spiro atoms. The van der Waals surface area contributed by atoms with Crippen LogP contribution in [0.25, 0.3) is 34.4 Å². The van der Waals surface area contributed by atoms with Crippen LogP contribution in [0.15, 0.2) is 96.1 Å². The summed E-state index contributed by atoms with van der Waals surface area (Å²) in [6.07, 6.45) is -0.868. The maximum atomic E-state index is 13.4. The van der Waals surface area contributed by atoms with Crippen molar-refractivity contribution in [2.24, 2.45) is 11.8 Å². The van der Waals surface area contributed by atoms with Gasteiger partial charge in [0, 0.05) is 0 Å². The molecule has 2 aliphatic carbocycles. The van der Waals surface area contributed by atoms with Crippen molar-refractivity contribution < 1.29 is 71.4 Å². The minimum absolute atomic E-state index is 0. The maximum absolute atomic E-state index is 13.4. The van der Waals surface area contributed by atoms with Crippen LogP contribution in [0.4, 0.5) is 26.3 Å². The summed E-state index contributed by atoms with van der Waals surface area (Å²) in [5, 5.41) is 0. The van der Waals surface area contributed by atoms with E-state index in [2.05, 4.69) is 64.1 Å². The summed E-state index contributed by atoms with van der Waals surface area (Å²) >= 11 is -3.26. The van der Waals surface area contributed by atoms with Gasteiger partial charge in [-0.25, -0.2) is 0 Å². The Balaban J connectivity index is 0.00000261. The van der Waals surface area contributed by atoms with Gasteiger partial charge in [0.05, 0.1) is 0 Å². The van der Waals surface area contributed by atoms with Gasteiger partial charge in [0.2, 0.25) is 0 Å². The second-order valence-corrected chi connectivity index (χ2v) is 26.7. The second kappa shape index (κ2) is 15.3. The number of halogens is 8. The Kier molecular flexibility index (Phi) is 11.9. The van der Waals surface area contributed by atoms with Crippen LogP contribution in [0, 0.1) is 11.8 Å². The smallest absolute Gasteiger partial charge is 1.00 e. The van der Waals surface area contributed by atoms with Crippen LogP contribution in [0.5, 0.6) is 0 Å². The largest absolute Gasteiger partial charge is 1.00 e. The Morgan fingerprint density at radius 3 is 1.21 bits per heavy atom. The monoisotopic (exact) mass is 832 g/mol. The fraction of sp³-hybridized carbons (Fsp3) is 0.349. The van der Waals surface area contributed by atoms with E-state index in [0.717, 1.165) is 46.2 Å². The molecule has 0 amide bonds. The van der Waals surface area contributed by atoms with E-state index in [1.807, 2.05) is 12.1 Å². The third kappa shape index (κ3) is 7.41. The number of alkyl halides is 6. The summed E-state index contributed by atoms with van der Waals surface area (Å²) in [5.41, 5.74) is 10.2. The number of benzene rings is 4. The SMILES string of the molecule is CC(C)CC1=Cc2c(-c3ccc(C(F)(F)F)cc3)cccc2[CH]1[Zr+2]1([CH]2C(CC(C)C)=Cc3c(-c4ccc(C(F)(F)F)cc4)cccc32)[CH2]C[CH2]1.[Cl-].[Cl-]. The minimum atomic E-state index is -4.39. The molecular formula is C43H42Cl2F6Zr. The van der Waals surface area contributed by atoms with E-state index in [4.69, 9.17) is 0 Å². The van der Waals surface area contributed by atoms with Crippen LogP contribution in [-0.2, 0) is 32.6 Å². The van der Waals surface area contributed by atoms with E-state index < -0.39 is 43.7 Å². The molecule has 0 N–H and O–H groups in total. The van der Waals surface area contributed by atoms with E-state index in [1.54, 1.807) is 24.3 Å². The van der Waals surface area contributed by atoms with Crippen LogP contribution in [0.3, 0.4) is 0 Å². The van der Waals surface area contributed by atoms with Gasteiger partial charge in [-0.15, -0.1) is 0 Å². The molecule has 2 unspecified atom stereocenters. The molecule has 1 saturated heterocycles. The topological polar surface area (TPSA) is 0 Å². The van der Waals surface area contributed by atoms with Gasteiger partial charge in [-0.05, 0) is 0 Å². The summed E-state index contributed by atoms with van der Waals surface area (Å²) in [5.74, 6) is 0.896. The van der Waals surface area contributed by atoms with Gasteiger partial charge in [0.25, 0.3) is 0 Å². The molecule has 4 aromatic carbocycles. The number of rotatable bonds is 8. The van der Waals surface area contributed by atoms with Gasteiger partial charge in [-0.3, -0.25) is 0 Å². The first-order valence-electron chi connectivity index (χ1n) is 17.7. The third-order valence-electron chi connectivity index (χ3n) is 11.1. The molecule has 274 valence electrons. The van der Waals surface area contributed by atoms with Crippen LogP contribution >= 0.6 is 0 Å². The molecule has 4 aromatic rings. The summed E-state index contributed by atoms with van der Waals surface area (Å²) in [7, 11) is 0. The normalized spacial score (nSPS) is 18.3. The van der Waals surface area contributed by atoms with Gasteiger partial charge >= 0.3 is 297 Å². The summed E-state index contributed by atoms with van der Waals surface area (Å²) in [6, 6.07) is 23.9. The second-order valence-electron chi connectivity index (χ2n) is 15.4. The molecule has 0 aromatic heterocycles. The van der Waals surface area contributed by atoms with Gasteiger partial charge in [0.15, 0.2) is 0 Å². The van der Waals surface area contributed by atoms with Crippen molar-refractivity contribution in [1.29, 1.82) is 0 Å². The quantitative estimate of drug-likeness (QED) is 0.158. The van der Waals surface area contributed by atoms with Gasteiger partial charge < -0.3 is 24.8 Å². The zero-order valence-corrected chi connectivity index (χ0v) is 33.6. The molecular weight excluding hydrogens is 793 g/mol. The van der Waals surface area contributed by atoms with E-state index >= 15 is 0 Å². The molecule has 7 rings (SSSR count). The maximum Gasteiger partial charge on any atom is -1.00 e. The van der Waals surface area contributed by atoms with Crippen molar-refractivity contribution in [2.45, 2.75) is 74.8 Å². The Morgan fingerprint density at radius 1 is 0.558 bits per heavy atom.